The van der Waals surface area contributed by atoms with Crippen molar-refractivity contribution in [2.45, 2.75) is 26.7 Å². The summed E-state index contributed by atoms with van der Waals surface area (Å²) >= 11 is 0. The molecule has 1 N–H and O–H groups in total. The van der Waals surface area contributed by atoms with E-state index in [4.69, 9.17) is 5.11 Å². The summed E-state index contributed by atoms with van der Waals surface area (Å²) in [7, 11) is 0. The van der Waals surface area contributed by atoms with Crippen LogP contribution < -0.4 is 4.90 Å². The number of carbonyl (C=O) groups is 1. The summed E-state index contributed by atoms with van der Waals surface area (Å²) in [6, 6.07) is 1.91. The lowest BCUT2D eigenvalue weighted by Crippen LogP contribution is -2.50. The molecule has 92 valence electrons. The van der Waals surface area contributed by atoms with E-state index in [2.05, 4.69) is 23.8 Å². The molecule has 0 aromatic carbocycles. The molecule has 2 rings (SSSR count). The van der Waals surface area contributed by atoms with Gasteiger partial charge in [-0.15, -0.1) is 0 Å². The van der Waals surface area contributed by atoms with Crippen LogP contribution in [0.4, 0.5) is 5.82 Å². The van der Waals surface area contributed by atoms with Crippen molar-refractivity contribution in [3.8, 4) is 0 Å². The number of rotatable bonds is 3. The molecule has 2 heterocycles. The topological polar surface area (TPSA) is 66.3 Å². The Hall–Kier alpha value is -1.65. The van der Waals surface area contributed by atoms with E-state index in [-0.39, 0.29) is 11.8 Å². The Labute approximate surface area is 100 Å². The standard InChI is InChI=1S/C12H17N3O2/c1-7(2)11-13-8(3)4-10(14-11)15-5-9(6-15)12(16)17/h4,7,9H,5-6H2,1-3H3,(H,16,17). The molecule has 1 aromatic rings. The van der Waals surface area contributed by atoms with Gasteiger partial charge in [0.15, 0.2) is 0 Å². The average Bonchev–Trinajstić information content (AvgIpc) is 2.13. The van der Waals surface area contributed by atoms with Gasteiger partial charge < -0.3 is 10.0 Å². The van der Waals surface area contributed by atoms with Gasteiger partial charge in [0.25, 0.3) is 0 Å². The highest BCUT2D eigenvalue weighted by atomic mass is 16.4. The maximum absolute atomic E-state index is 10.7. The highest BCUT2D eigenvalue weighted by Gasteiger charge is 2.33. The molecule has 0 radical (unpaired) electrons. The zero-order valence-electron chi connectivity index (χ0n) is 10.3. The number of carboxylic acids is 1. The maximum atomic E-state index is 10.7. The van der Waals surface area contributed by atoms with Gasteiger partial charge in [-0.1, -0.05) is 13.8 Å². The molecule has 0 unspecified atom stereocenters. The molecular weight excluding hydrogens is 218 g/mol. The second-order valence-electron chi connectivity index (χ2n) is 4.82. The van der Waals surface area contributed by atoms with Crippen molar-refractivity contribution in [2.24, 2.45) is 5.92 Å². The minimum Gasteiger partial charge on any atom is -0.481 e. The Bertz CT molecular complexity index is 439. The minimum absolute atomic E-state index is 0.257. The predicted molar refractivity (Wildman–Crippen MR) is 64.2 cm³/mol. The molecule has 0 amide bonds. The SMILES string of the molecule is Cc1cc(N2CC(C(=O)O)C2)nc(C(C)C)n1. The summed E-state index contributed by atoms with van der Waals surface area (Å²) in [6.45, 7) is 7.13. The van der Waals surface area contributed by atoms with Crippen molar-refractivity contribution < 1.29 is 9.90 Å². The molecule has 0 atom stereocenters. The highest BCUT2D eigenvalue weighted by Crippen LogP contribution is 2.24. The van der Waals surface area contributed by atoms with Crippen LogP contribution in [0, 0.1) is 12.8 Å². The molecule has 0 bridgehead atoms. The molecule has 5 nitrogen and oxygen atoms in total. The van der Waals surface area contributed by atoms with Gasteiger partial charge >= 0.3 is 5.97 Å². The Morgan fingerprint density at radius 2 is 2.12 bits per heavy atom. The van der Waals surface area contributed by atoms with Gasteiger partial charge in [0.1, 0.15) is 11.6 Å². The zero-order valence-corrected chi connectivity index (χ0v) is 10.3. The maximum Gasteiger partial charge on any atom is 0.310 e. The van der Waals surface area contributed by atoms with E-state index in [0.29, 0.717) is 13.1 Å². The second kappa shape index (κ2) is 4.31. The average molecular weight is 235 g/mol. The van der Waals surface area contributed by atoms with Crippen molar-refractivity contribution in [2.75, 3.05) is 18.0 Å². The molecule has 0 aliphatic carbocycles. The number of hydrogen-bond acceptors (Lipinski definition) is 4. The number of aryl methyl sites for hydroxylation is 1. The Balaban J connectivity index is 2.15. The fraction of sp³-hybridized carbons (Fsp3) is 0.583. The van der Waals surface area contributed by atoms with Crippen molar-refractivity contribution >= 4 is 11.8 Å². The molecule has 5 heteroatoms. The van der Waals surface area contributed by atoms with Gasteiger partial charge in [-0.3, -0.25) is 4.79 Å². The van der Waals surface area contributed by atoms with Crippen molar-refractivity contribution in [3.63, 3.8) is 0 Å². The van der Waals surface area contributed by atoms with Gasteiger partial charge in [0.2, 0.25) is 0 Å². The van der Waals surface area contributed by atoms with Crippen LogP contribution >= 0.6 is 0 Å². The molecule has 0 spiro atoms. The van der Waals surface area contributed by atoms with Crippen LogP contribution in [-0.4, -0.2) is 34.1 Å². The van der Waals surface area contributed by atoms with Gasteiger partial charge in [0.05, 0.1) is 5.92 Å². The highest BCUT2D eigenvalue weighted by molar-refractivity contribution is 5.74. The molecule has 17 heavy (non-hydrogen) atoms. The van der Waals surface area contributed by atoms with Crippen molar-refractivity contribution in [3.05, 3.63) is 17.6 Å². The first kappa shape index (κ1) is 11.8. The summed E-state index contributed by atoms with van der Waals surface area (Å²) in [6.07, 6.45) is 0. The third kappa shape index (κ3) is 2.38. The largest absolute Gasteiger partial charge is 0.481 e. The van der Waals surface area contributed by atoms with Crippen LogP contribution in [0.25, 0.3) is 0 Å². The monoisotopic (exact) mass is 235 g/mol. The van der Waals surface area contributed by atoms with Gasteiger partial charge in [-0.2, -0.15) is 0 Å². The summed E-state index contributed by atoms with van der Waals surface area (Å²) in [5.41, 5.74) is 0.928. The summed E-state index contributed by atoms with van der Waals surface area (Å²) in [5, 5.41) is 8.84. The fourth-order valence-electron chi connectivity index (χ4n) is 1.82. The van der Waals surface area contributed by atoms with Crippen LogP contribution in [0.5, 0.6) is 0 Å². The lowest BCUT2D eigenvalue weighted by molar-refractivity contribution is -0.142. The van der Waals surface area contributed by atoms with Crippen LogP contribution in [0.2, 0.25) is 0 Å². The minimum atomic E-state index is -0.726. The number of carboxylic acid groups (broad SMARTS) is 1. The lowest BCUT2D eigenvalue weighted by Gasteiger charge is -2.37. The van der Waals surface area contributed by atoms with Gasteiger partial charge in [-0.25, -0.2) is 9.97 Å². The van der Waals surface area contributed by atoms with Crippen LogP contribution in [0.1, 0.15) is 31.3 Å². The van der Waals surface area contributed by atoms with Crippen LogP contribution in [0.3, 0.4) is 0 Å². The normalized spacial score (nSPS) is 16.1. The van der Waals surface area contributed by atoms with Crippen molar-refractivity contribution in [1.29, 1.82) is 0 Å². The van der Waals surface area contributed by atoms with E-state index in [1.807, 2.05) is 17.9 Å². The predicted octanol–water partition coefficient (Wildman–Crippen LogP) is 1.43. The fourth-order valence-corrected chi connectivity index (χ4v) is 1.82. The summed E-state index contributed by atoms with van der Waals surface area (Å²) in [5.74, 6) is 0.964. The van der Waals surface area contributed by atoms with E-state index in [0.717, 1.165) is 17.3 Å². The van der Waals surface area contributed by atoms with E-state index in [1.54, 1.807) is 0 Å². The summed E-state index contributed by atoms with van der Waals surface area (Å²) < 4.78 is 0. The molecular formula is C12H17N3O2. The lowest BCUT2D eigenvalue weighted by atomic mass is 10.0. The van der Waals surface area contributed by atoms with Gasteiger partial charge in [0, 0.05) is 30.8 Å². The van der Waals surface area contributed by atoms with E-state index in [9.17, 15) is 4.79 Å². The smallest absolute Gasteiger partial charge is 0.310 e. The second-order valence-corrected chi connectivity index (χ2v) is 4.82. The Kier molecular flexibility index (Phi) is 3.00. The number of aliphatic carboxylic acids is 1. The molecule has 1 aliphatic rings. The summed E-state index contributed by atoms with van der Waals surface area (Å²) in [4.78, 5) is 21.6. The number of hydrogen-bond donors (Lipinski definition) is 1. The molecule has 0 saturated carbocycles. The Morgan fingerprint density at radius 3 is 2.65 bits per heavy atom. The Morgan fingerprint density at radius 1 is 1.47 bits per heavy atom. The number of nitrogens with zero attached hydrogens (tertiary/aromatic N) is 3. The van der Waals surface area contributed by atoms with E-state index >= 15 is 0 Å². The first-order valence-electron chi connectivity index (χ1n) is 5.80. The first-order valence-corrected chi connectivity index (χ1v) is 5.80. The van der Waals surface area contributed by atoms with Crippen LogP contribution in [-0.2, 0) is 4.79 Å². The molecule has 1 fully saturated rings. The van der Waals surface area contributed by atoms with Gasteiger partial charge in [-0.05, 0) is 6.92 Å². The first-order chi connectivity index (χ1) is 7.97. The van der Waals surface area contributed by atoms with E-state index in [1.165, 1.54) is 0 Å². The zero-order chi connectivity index (χ0) is 12.6. The number of aromatic nitrogens is 2. The molecule has 1 aromatic heterocycles. The number of anilines is 1. The van der Waals surface area contributed by atoms with E-state index < -0.39 is 5.97 Å². The van der Waals surface area contributed by atoms with Crippen LogP contribution in [0.15, 0.2) is 6.07 Å². The molecule has 1 aliphatic heterocycles. The van der Waals surface area contributed by atoms with Crippen molar-refractivity contribution in [1.82, 2.24) is 9.97 Å². The quantitative estimate of drug-likeness (QED) is 0.858. The third-order valence-electron chi connectivity index (χ3n) is 2.93. The third-order valence-corrected chi connectivity index (χ3v) is 2.93. The molecule has 1 saturated heterocycles.